The van der Waals surface area contributed by atoms with Crippen molar-refractivity contribution in [1.29, 1.82) is 0 Å². The Kier molecular flexibility index (Phi) is 4.33. The molecule has 4 saturated heterocycles. The van der Waals surface area contributed by atoms with Crippen molar-refractivity contribution in [1.82, 2.24) is 9.80 Å². The average Bonchev–Trinajstić information content (AvgIpc) is 3.11. The zero-order valence-electron chi connectivity index (χ0n) is 15.9. The molecule has 6 rings (SSSR count). The number of hydrogen-bond acceptors (Lipinski definition) is 4. The molecular weight excluding hydrogens is 336 g/mol. The number of phenolic OH excluding ortho intramolecular Hbond substituents is 1. The Hall–Kier alpha value is -2.04. The first-order chi connectivity index (χ1) is 13.2. The maximum Gasteiger partial charge on any atom is 0.123 e. The van der Waals surface area contributed by atoms with Crippen molar-refractivity contribution in [2.45, 2.75) is 37.4 Å². The molecule has 0 saturated carbocycles. The van der Waals surface area contributed by atoms with Gasteiger partial charge in [-0.2, -0.15) is 0 Å². The number of ether oxygens (including phenoxy) is 1. The second-order valence-corrected chi connectivity index (χ2v) is 8.30. The molecule has 0 aromatic heterocycles. The first kappa shape index (κ1) is 17.1. The van der Waals surface area contributed by atoms with Gasteiger partial charge in [-0.25, -0.2) is 0 Å². The minimum atomic E-state index is 0.378. The van der Waals surface area contributed by atoms with Crippen LogP contribution in [0.2, 0.25) is 0 Å². The molecule has 4 heterocycles. The van der Waals surface area contributed by atoms with E-state index in [1.54, 1.807) is 13.2 Å². The number of rotatable bonds is 4. The number of hydrogen-bond donors (Lipinski definition) is 1. The number of methoxy groups -OCH3 is 1. The predicted molar refractivity (Wildman–Crippen MR) is 106 cm³/mol. The van der Waals surface area contributed by atoms with Gasteiger partial charge in [-0.1, -0.05) is 30.3 Å². The summed E-state index contributed by atoms with van der Waals surface area (Å²) in [5.74, 6) is 2.61. The number of para-hydroxylation sites is 1. The van der Waals surface area contributed by atoms with Crippen molar-refractivity contribution >= 4 is 0 Å². The molecule has 0 aliphatic carbocycles. The van der Waals surface area contributed by atoms with Gasteiger partial charge in [0.25, 0.3) is 0 Å². The molecular formula is C23H28N2O2. The largest absolute Gasteiger partial charge is 0.508 e. The van der Waals surface area contributed by atoms with Gasteiger partial charge in [-0.05, 0) is 55.6 Å². The van der Waals surface area contributed by atoms with Gasteiger partial charge in [0.2, 0.25) is 0 Å². The standard InChI is InChI=1S/C23H28N2O2/c1-27-21-8-3-2-5-18(21)14-25-15-20(17-6-4-7-19(26)13-17)23-22(25)16-9-11-24(23)12-10-16/h2-8,13,16,20,22-23,26H,9-12,14-15H2,1H3/t20-,22+,23+/m0/s1. The van der Waals surface area contributed by atoms with E-state index < -0.39 is 0 Å². The van der Waals surface area contributed by atoms with Crippen molar-refractivity contribution in [3.63, 3.8) is 0 Å². The first-order valence-corrected chi connectivity index (χ1v) is 10.1. The van der Waals surface area contributed by atoms with E-state index in [-0.39, 0.29) is 0 Å². The van der Waals surface area contributed by atoms with E-state index in [2.05, 4.69) is 34.1 Å². The number of aromatic hydroxyl groups is 1. The van der Waals surface area contributed by atoms with Gasteiger partial charge in [0, 0.05) is 36.7 Å². The second kappa shape index (κ2) is 6.84. The number of benzene rings is 2. The van der Waals surface area contributed by atoms with E-state index in [0.717, 1.165) is 24.8 Å². The molecule has 142 valence electrons. The molecule has 4 aliphatic rings. The van der Waals surface area contributed by atoms with Crippen molar-refractivity contribution in [3.8, 4) is 11.5 Å². The minimum absolute atomic E-state index is 0.378. The fourth-order valence-corrected chi connectivity index (χ4v) is 5.82. The Bertz CT molecular complexity index is 816. The van der Waals surface area contributed by atoms with Crippen LogP contribution in [-0.4, -0.2) is 53.7 Å². The molecule has 4 fully saturated rings. The number of nitrogens with zero attached hydrogens (tertiary/aromatic N) is 2. The highest BCUT2D eigenvalue weighted by atomic mass is 16.5. The van der Waals surface area contributed by atoms with E-state index in [1.807, 2.05) is 18.2 Å². The molecule has 0 radical (unpaired) electrons. The molecule has 3 atom stereocenters. The van der Waals surface area contributed by atoms with Crippen LogP contribution in [-0.2, 0) is 6.54 Å². The summed E-state index contributed by atoms with van der Waals surface area (Å²) < 4.78 is 5.61. The number of piperidine rings is 3. The summed E-state index contributed by atoms with van der Waals surface area (Å²) in [6.45, 7) is 4.43. The van der Waals surface area contributed by atoms with Crippen LogP contribution < -0.4 is 4.74 Å². The molecule has 2 aromatic rings. The average molecular weight is 364 g/mol. The Labute approximate surface area is 161 Å². The lowest BCUT2D eigenvalue weighted by atomic mass is 9.75. The van der Waals surface area contributed by atoms with Crippen molar-refractivity contribution in [3.05, 3.63) is 59.7 Å². The van der Waals surface area contributed by atoms with Crippen LogP contribution >= 0.6 is 0 Å². The zero-order chi connectivity index (χ0) is 18.4. The molecule has 27 heavy (non-hydrogen) atoms. The normalized spacial score (nSPS) is 32.4. The van der Waals surface area contributed by atoms with Crippen LogP contribution in [0.1, 0.15) is 29.9 Å². The highest BCUT2D eigenvalue weighted by molar-refractivity contribution is 5.36. The third-order valence-corrected chi connectivity index (χ3v) is 6.96. The lowest BCUT2D eigenvalue weighted by Gasteiger charge is -2.51. The molecule has 0 unspecified atom stereocenters. The van der Waals surface area contributed by atoms with E-state index in [4.69, 9.17) is 4.74 Å². The van der Waals surface area contributed by atoms with Gasteiger partial charge in [-0.15, -0.1) is 0 Å². The van der Waals surface area contributed by atoms with E-state index in [0.29, 0.717) is 23.8 Å². The Morgan fingerprint density at radius 1 is 1.04 bits per heavy atom. The summed E-state index contributed by atoms with van der Waals surface area (Å²) in [6.07, 6.45) is 2.63. The van der Waals surface area contributed by atoms with Gasteiger partial charge in [0.1, 0.15) is 11.5 Å². The fourth-order valence-electron chi connectivity index (χ4n) is 5.82. The number of likely N-dealkylation sites (tertiary alicyclic amines) is 1. The van der Waals surface area contributed by atoms with E-state index in [1.165, 1.54) is 37.1 Å². The molecule has 4 heteroatoms. The van der Waals surface area contributed by atoms with Crippen molar-refractivity contribution < 1.29 is 9.84 Å². The first-order valence-electron chi connectivity index (χ1n) is 10.1. The highest BCUT2D eigenvalue weighted by Crippen LogP contribution is 2.47. The molecule has 4 aliphatic heterocycles. The van der Waals surface area contributed by atoms with Crippen LogP contribution in [0.3, 0.4) is 0 Å². The van der Waals surface area contributed by atoms with Crippen molar-refractivity contribution in [2.75, 3.05) is 26.7 Å². The summed E-state index contributed by atoms with van der Waals surface area (Å²) >= 11 is 0. The second-order valence-electron chi connectivity index (χ2n) is 8.30. The van der Waals surface area contributed by atoms with Crippen LogP contribution in [0.25, 0.3) is 0 Å². The lowest BCUT2D eigenvalue weighted by molar-refractivity contribution is -0.00883. The van der Waals surface area contributed by atoms with Crippen molar-refractivity contribution in [2.24, 2.45) is 5.92 Å². The minimum Gasteiger partial charge on any atom is -0.508 e. The monoisotopic (exact) mass is 364 g/mol. The van der Waals surface area contributed by atoms with Crippen LogP contribution in [0, 0.1) is 5.92 Å². The quantitative estimate of drug-likeness (QED) is 0.901. The zero-order valence-corrected chi connectivity index (χ0v) is 15.9. The van der Waals surface area contributed by atoms with Crippen LogP contribution in [0.4, 0.5) is 0 Å². The molecule has 4 nitrogen and oxygen atoms in total. The van der Waals surface area contributed by atoms with Gasteiger partial charge in [0.15, 0.2) is 0 Å². The maximum absolute atomic E-state index is 10.0. The predicted octanol–water partition coefficient (Wildman–Crippen LogP) is 3.46. The third-order valence-electron chi connectivity index (χ3n) is 6.96. The number of phenols is 1. The van der Waals surface area contributed by atoms with E-state index in [9.17, 15) is 5.11 Å². The Morgan fingerprint density at radius 2 is 1.85 bits per heavy atom. The van der Waals surface area contributed by atoms with Crippen LogP contribution in [0.5, 0.6) is 11.5 Å². The molecule has 2 aromatic carbocycles. The third kappa shape index (κ3) is 2.91. The highest BCUT2D eigenvalue weighted by Gasteiger charge is 2.53. The molecule has 2 bridgehead atoms. The smallest absolute Gasteiger partial charge is 0.123 e. The maximum atomic E-state index is 10.0. The van der Waals surface area contributed by atoms with Gasteiger partial charge in [0.05, 0.1) is 7.11 Å². The van der Waals surface area contributed by atoms with Gasteiger partial charge < -0.3 is 9.84 Å². The molecule has 0 spiro atoms. The van der Waals surface area contributed by atoms with Gasteiger partial charge in [-0.3, -0.25) is 9.80 Å². The van der Waals surface area contributed by atoms with E-state index >= 15 is 0 Å². The Morgan fingerprint density at radius 3 is 2.63 bits per heavy atom. The summed E-state index contributed by atoms with van der Waals surface area (Å²) in [5.41, 5.74) is 2.55. The lowest BCUT2D eigenvalue weighted by Crippen LogP contribution is -2.59. The topological polar surface area (TPSA) is 35.9 Å². The summed E-state index contributed by atoms with van der Waals surface area (Å²) in [7, 11) is 1.76. The van der Waals surface area contributed by atoms with Gasteiger partial charge >= 0.3 is 0 Å². The number of fused-ring (bicyclic) bond motifs is 2. The summed E-state index contributed by atoms with van der Waals surface area (Å²) in [4.78, 5) is 5.40. The summed E-state index contributed by atoms with van der Waals surface area (Å²) in [5, 5.41) is 10.0. The summed E-state index contributed by atoms with van der Waals surface area (Å²) in [6, 6.07) is 17.5. The molecule has 1 N–H and O–H groups in total. The van der Waals surface area contributed by atoms with Crippen LogP contribution in [0.15, 0.2) is 48.5 Å². The Balaban J connectivity index is 1.49. The SMILES string of the molecule is COc1ccccc1CN1C[C@@H](c2cccc(O)c2)[C@@H]2[C@H]1C1CCN2CC1. The fraction of sp³-hybridized carbons (Fsp3) is 0.478. The molecule has 0 amide bonds.